The van der Waals surface area contributed by atoms with E-state index in [-0.39, 0.29) is 0 Å². The molecule has 2 heterocycles. The van der Waals surface area contributed by atoms with Crippen LogP contribution in [0.25, 0.3) is 0 Å². The molecule has 0 aliphatic carbocycles. The zero-order chi connectivity index (χ0) is 19.1. The number of aryl methyl sites for hydroxylation is 1. The molecule has 0 radical (unpaired) electrons. The zero-order valence-corrected chi connectivity index (χ0v) is 16.9. The molecule has 0 unspecified atom stereocenters. The van der Waals surface area contributed by atoms with Gasteiger partial charge in [-0.1, -0.05) is 30.3 Å². The Balaban J connectivity index is 1.52. The lowest BCUT2D eigenvalue weighted by Gasteiger charge is -2.42. The number of carbonyl (C=O) groups is 1. The molecule has 0 saturated carbocycles. The van der Waals surface area contributed by atoms with E-state index in [4.69, 9.17) is 9.47 Å². The van der Waals surface area contributed by atoms with E-state index in [1.807, 2.05) is 18.2 Å². The summed E-state index contributed by atoms with van der Waals surface area (Å²) < 4.78 is 10.8. The molecule has 1 atom stereocenters. The second-order valence-corrected chi connectivity index (χ2v) is 8.11. The predicted octanol–water partition coefficient (Wildman–Crippen LogP) is 2.45. The molecule has 1 amide bonds. The van der Waals surface area contributed by atoms with Crippen LogP contribution in [0.1, 0.15) is 24.8 Å². The Labute approximate surface area is 163 Å². The fourth-order valence-corrected chi connectivity index (χ4v) is 4.79. The van der Waals surface area contributed by atoms with Gasteiger partial charge in [-0.2, -0.15) is 0 Å². The summed E-state index contributed by atoms with van der Waals surface area (Å²) in [6.07, 6.45) is 3.61. The van der Waals surface area contributed by atoms with Crippen LogP contribution in [0.2, 0.25) is 0 Å². The van der Waals surface area contributed by atoms with Crippen molar-refractivity contribution >= 4 is 5.91 Å². The van der Waals surface area contributed by atoms with Crippen molar-refractivity contribution in [3.8, 4) is 0 Å². The Morgan fingerprint density at radius 3 is 2.56 bits per heavy atom. The maximum Gasteiger partial charge on any atom is 0.222 e. The van der Waals surface area contributed by atoms with Crippen LogP contribution in [-0.4, -0.2) is 75.9 Å². The number of methoxy groups -OCH3 is 2. The first kappa shape index (κ1) is 20.3. The number of benzene rings is 1. The molecule has 1 aromatic rings. The molecule has 2 aliphatic heterocycles. The van der Waals surface area contributed by atoms with Gasteiger partial charge in [0.25, 0.3) is 0 Å². The number of rotatable bonds is 8. The molecule has 2 fully saturated rings. The minimum absolute atomic E-state index is 0.292. The topological polar surface area (TPSA) is 42.0 Å². The lowest BCUT2D eigenvalue weighted by atomic mass is 9.71. The molecule has 0 N–H and O–H groups in total. The highest BCUT2D eigenvalue weighted by atomic mass is 16.5. The van der Waals surface area contributed by atoms with Gasteiger partial charge in [0.2, 0.25) is 5.91 Å². The second kappa shape index (κ2) is 9.67. The molecule has 0 bridgehead atoms. The quantitative estimate of drug-likeness (QED) is 0.701. The van der Waals surface area contributed by atoms with Gasteiger partial charge < -0.3 is 19.3 Å². The Morgan fingerprint density at radius 2 is 1.89 bits per heavy atom. The largest absolute Gasteiger partial charge is 0.384 e. The summed E-state index contributed by atoms with van der Waals surface area (Å²) in [6, 6.07) is 10.3. The minimum atomic E-state index is 0.292. The number of nitrogens with zero attached hydrogens (tertiary/aromatic N) is 2. The first-order chi connectivity index (χ1) is 13.2. The molecule has 3 rings (SSSR count). The molecule has 0 aromatic heterocycles. The van der Waals surface area contributed by atoms with Crippen molar-refractivity contribution in [2.75, 3.05) is 60.2 Å². The fourth-order valence-electron chi connectivity index (χ4n) is 4.79. The maximum absolute atomic E-state index is 12.7. The molecule has 5 heteroatoms. The van der Waals surface area contributed by atoms with E-state index >= 15 is 0 Å². The number of likely N-dealkylation sites (tertiary alicyclic amines) is 2. The smallest absolute Gasteiger partial charge is 0.222 e. The highest BCUT2D eigenvalue weighted by Crippen LogP contribution is 2.44. The van der Waals surface area contributed by atoms with Crippen LogP contribution in [0.4, 0.5) is 0 Å². The van der Waals surface area contributed by atoms with Gasteiger partial charge in [0, 0.05) is 59.3 Å². The van der Waals surface area contributed by atoms with Crippen molar-refractivity contribution in [3.63, 3.8) is 0 Å². The van der Waals surface area contributed by atoms with E-state index < -0.39 is 0 Å². The lowest BCUT2D eigenvalue weighted by molar-refractivity contribution is -0.134. The summed E-state index contributed by atoms with van der Waals surface area (Å²) in [4.78, 5) is 17.3. The average Bonchev–Trinajstić information content (AvgIpc) is 3.03. The minimum Gasteiger partial charge on any atom is -0.384 e. The summed E-state index contributed by atoms with van der Waals surface area (Å²) in [6.45, 7) is 6.52. The number of hydrogen-bond acceptors (Lipinski definition) is 4. The molecule has 2 saturated heterocycles. The Hall–Kier alpha value is -1.43. The van der Waals surface area contributed by atoms with Crippen LogP contribution in [0.3, 0.4) is 0 Å². The second-order valence-electron chi connectivity index (χ2n) is 8.11. The Morgan fingerprint density at radius 1 is 1.15 bits per heavy atom. The Bertz CT molecular complexity index is 584. The summed E-state index contributed by atoms with van der Waals surface area (Å²) >= 11 is 0. The van der Waals surface area contributed by atoms with E-state index in [0.29, 0.717) is 23.7 Å². The summed E-state index contributed by atoms with van der Waals surface area (Å²) in [5.41, 5.74) is 1.53. The maximum atomic E-state index is 12.7. The molecule has 1 aromatic carbocycles. The molecule has 150 valence electrons. The van der Waals surface area contributed by atoms with Gasteiger partial charge >= 0.3 is 0 Å². The highest BCUT2D eigenvalue weighted by Gasteiger charge is 2.48. The number of amides is 1. The van der Waals surface area contributed by atoms with Crippen molar-refractivity contribution in [1.82, 2.24) is 9.80 Å². The van der Waals surface area contributed by atoms with Crippen molar-refractivity contribution in [1.29, 1.82) is 0 Å². The van der Waals surface area contributed by atoms with Gasteiger partial charge in [-0.3, -0.25) is 4.79 Å². The van der Waals surface area contributed by atoms with Crippen molar-refractivity contribution in [2.24, 2.45) is 11.3 Å². The van der Waals surface area contributed by atoms with Gasteiger partial charge in [-0.05, 0) is 30.2 Å². The van der Waals surface area contributed by atoms with Gasteiger partial charge in [0.05, 0.1) is 13.2 Å². The summed E-state index contributed by atoms with van der Waals surface area (Å²) in [7, 11) is 3.56. The van der Waals surface area contributed by atoms with Gasteiger partial charge in [0.1, 0.15) is 0 Å². The van der Waals surface area contributed by atoms with E-state index in [2.05, 4.69) is 21.9 Å². The van der Waals surface area contributed by atoms with Crippen LogP contribution in [0.5, 0.6) is 0 Å². The fraction of sp³-hybridized carbons (Fsp3) is 0.682. The third-order valence-electron chi connectivity index (χ3n) is 6.44. The van der Waals surface area contributed by atoms with Gasteiger partial charge in [0.15, 0.2) is 0 Å². The normalized spacial score (nSPS) is 22.4. The SMILES string of the molecule is COCCN1C[C@@H](COC)C2(CCN(C(=O)CCc3ccccc3)CC2)C1. The third kappa shape index (κ3) is 5.09. The average molecular weight is 375 g/mol. The predicted molar refractivity (Wildman–Crippen MR) is 107 cm³/mol. The number of piperidine rings is 1. The first-order valence-corrected chi connectivity index (χ1v) is 10.2. The number of ether oxygens (including phenoxy) is 2. The van der Waals surface area contributed by atoms with Crippen molar-refractivity contribution < 1.29 is 14.3 Å². The highest BCUT2D eigenvalue weighted by molar-refractivity contribution is 5.76. The van der Waals surface area contributed by atoms with Crippen LogP contribution in [0.15, 0.2) is 30.3 Å². The van der Waals surface area contributed by atoms with Crippen LogP contribution >= 0.6 is 0 Å². The van der Waals surface area contributed by atoms with Gasteiger partial charge in [-0.15, -0.1) is 0 Å². The van der Waals surface area contributed by atoms with E-state index in [0.717, 1.165) is 65.2 Å². The number of hydrogen-bond donors (Lipinski definition) is 0. The van der Waals surface area contributed by atoms with E-state index in [9.17, 15) is 4.79 Å². The first-order valence-electron chi connectivity index (χ1n) is 10.2. The van der Waals surface area contributed by atoms with Crippen molar-refractivity contribution in [3.05, 3.63) is 35.9 Å². The molecule has 1 spiro atoms. The monoisotopic (exact) mass is 374 g/mol. The molecular formula is C22H34N2O3. The van der Waals surface area contributed by atoms with Crippen LogP contribution < -0.4 is 0 Å². The molecule has 27 heavy (non-hydrogen) atoms. The summed E-state index contributed by atoms with van der Waals surface area (Å²) in [5, 5.41) is 0. The number of carbonyl (C=O) groups excluding carboxylic acids is 1. The molecule has 5 nitrogen and oxygen atoms in total. The standard InChI is InChI=1S/C22H34N2O3/c1-26-15-14-23-16-20(17-27-2)22(18-23)10-12-24(13-11-22)21(25)9-8-19-6-4-3-5-7-19/h3-7,20H,8-18H2,1-2H3/t20-/m0/s1. The third-order valence-corrected chi connectivity index (χ3v) is 6.44. The van der Waals surface area contributed by atoms with Crippen molar-refractivity contribution in [2.45, 2.75) is 25.7 Å². The van der Waals surface area contributed by atoms with Gasteiger partial charge in [-0.25, -0.2) is 0 Å². The summed E-state index contributed by atoms with van der Waals surface area (Å²) in [5.74, 6) is 0.854. The zero-order valence-electron chi connectivity index (χ0n) is 16.9. The van der Waals surface area contributed by atoms with E-state index in [1.165, 1.54) is 5.56 Å². The van der Waals surface area contributed by atoms with Crippen LogP contribution in [-0.2, 0) is 20.7 Å². The van der Waals surface area contributed by atoms with Crippen LogP contribution in [0, 0.1) is 11.3 Å². The lowest BCUT2D eigenvalue weighted by Crippen LogP contribution is -2.47. The molecule has 2 aliphatic rings. The Kier molecular flexibility index (Phi) is 7.27. The van der Waals surface area contributed by atoms with E-state index in [1.54, 1.807) is 14.2 Å². The molecular weight excluding hydrogens is 340 g/mol.